The predicted octanol–water partition coefficient (Wildman–Crippen LogP) is 1.06. The standard InChI is InChI=1S/C10H17O3Si/c1-7(11)13-10-6-8(4-5-14)2-3-9(10)12/h8-10,12H,2-6H2,1H3. The minimum atomic E-state index is -0.468. The second kappa shape index (κ2) is 5.51. The summed E-state index contributed by atoms with van der Waals surface area (Å²) in [4.78, 5) is 10.8. The maximum Gasteiger partial charge on any atom is 0.302 e. The monoisotopic (exact) mass is 213 g/mol. The van der Waals surface area contributed by atoms with E-state index in [1.54, 1.807) is 0 Å². The Labute approximate surface area is 88.3 Å². The smallest absolute Gasteiger partial charge is 0.302 e. The first kappa shape index (κ1) is 11.7. The van der Waals surface area contributed by atoms with E-state index in [4.69, 9.17) is 4.74 Å². The highest BCUT2D eigenvalue weighted by Crippen LogP contribution is 2.29. The van der Waals surface area contributed by atoms with Gasteiger partial charge in [0.15, 0.2) is 0 Å². The van der Waals surface area contributed by atoms with Crippen molar-refractivity contribution in [3.05, 3.63) is 0 Å². The molecule has 14 heavy (non-hydrogen) atoms. The lowest BCUT2D eigenvalue weighted by Crippen LogP contribution is -2.37. The van der Waals surface area contributed by atoms with Crippen LogP contribution in [0.15, 0.2) is 0 Å². The predicted molar refractivity (Wildman–Crippen MR) is 54.1 cm³/mol. The molecule has 1 fully saturated rings. The summed E-state index contributed by atoms with van der Waals surface area (Å²) in [6.07, 6.45) is 2.90. The number of ether oxygens (including phenoxy) is 1. The molecule has 0 aliphatic heterocycles. The second-order valence-corrected chi connectivity index (χ2v) is 4.43. The van der Waals surface area contributed by atoms with E-state index in [0.29, 0.717) is 5.92 Å². The van der Waals surface area contributed by atoms with Crippen molar-refractivity contribution < 1.29 is 14.6 Å². The quantitative estimate of drug-likeness (QED) is 0.563. The van der Waals surface area contributed by atoms with Crippen LogP contribution < -0.4 is 0 Å². The van der Waals surface area contributed by atoms with E-state index >= 15 is 0 Å². The highest BCUT2D eigenvalue weighted by Gasteiger charge is 2.30. The Kier molecular flexibility index (Phi) is 4.61. The summed E-state index contributed by atoms with van der Waals surface area (Å²) in [6, 6.07) is 0.966. The normalized spacial score (nSPS) is 32.6. The number of carbonyl (C=O) groups excluding carboxylic acids is 1. The van der Waals surface area contributed by atoms with E-state index in [0.717, 1.165) is 31.7 Å². The Balaban J connectivity index is 2.42. The molecule has 3 nitrogen and oxygen atoms in total. The van der Waals surface area contributed by atoms with E-state index in [1.165, 1.54) is 6.92 Å². The van der Waals surface area contributed by atoms with Crippen molar-refractivity contribution in [1.29, 1.82) is 0 Å². The van der Waals surface area contributed by atoms with Crippen molar-refractivity contribution >= 4 is 16.2 Å². The summed E-state index contributed by atoms with van der Waals surface area (Å²) in [5.41, 5.74) is 0. The SMILES string of the molecule is CC(=O)OC1CC(CC[Si])CCC1O. The topological polar surface area (TPSA) is 46.5 Å². The molecule has 4 heteroatoms. The Morgan fingerprint density at radius 1 is 1.57 bits per heavy atom. The third-order valence-electron chi connectivity index (χ3n) is 2.74. The van der Waals surface area contributed by atoms with Crippen molar-refractivity contribution in [2.24, 2.45) is 5.92 Å². The molecule has 0 spiro atoms. The van der Waals surface area contributed by atoms with Crippen LogP contribution in [0.2, 0.25) is 6.04 Å². The maximum atomic E-state index is 10.8. The Morgan fingerprint density at radius 3 is 2.86 bits per heavy atom. The molecule has 1 aliphatic carbocycles. The molecular formula is C10H17O3Si. The summed E-state index contributed by atoms with van der Waals surface area (Å²) in [5.74, 6) is 0.272. The Hall–Kier alpha value is -0.353. The number of aliphatic hydroxyl groups excluding tert-OH is 1. The third kappa shape index (κ3) is 3.42. The van der Waals surface area contributed by atoms with Crippen LogP contribution in [0.4, 0.5) is 0 Å². The number of rotatable bonds is 3. The lowest BCUT2D eigenvalue weighted by Gasteiger charge is -2.32. The molecule has 0 saturated heterocycles. The van der Waals surface area contributed by atoms with Gasteiger partial charge in [-0.15, -0.1) is 0 Å². The van der Waals surface area contributed by atoms with E-state index < -0.39 is 6.10 Å². The van der Waals surface area contributed by atoms with E-state index in [9.17, 15) is 9.90 Å². The van der Waals surface area contributed by atoms with Crippen LogP contribution in [0.5, 0.6) is 0 Å². The number of esters is 1. The first-order valence-electron chi connectivity index (χ1n) is 5.13. The van der Waals surface area contributed by atoms with E-state index in [1.807, 2.05) is 0 Å². The third-order valence-corrected chi connectivity index (χ3v) is 3.02. The largest absolute Gasteiger partial charge is 0.460 e. The first-order valence-corrected chi connectivity index (χ1v) is 5.84. The molecule has 0 heterocycles. The van der Waals surface area contributed by atoms with Gasteiger partial charge in [0.1, 0.15) is 6.10 Å². The summed E-state index contributed by atoms with van der Waals surface area (Å²) in [5, 5.41) is 9.61. The minimum absolute atomic E-state index is 0.288. The van der Waals surface area contributed by atoms with Crippen molar-refractivity contribution in [2.75, 3.05) is 0 Å². The zero-order valence-corrected chi connectivity index (χ0v) is 9.53. The minimum Gasteiger partial charge on any atom is -0.460 e. The number of carbonyl (C=O) groups is 1. The first-order chi connectivity index (χ1) is 6.63. The molecule has 3 unspecified atom stereocenters. The van der Waals surface area contributed by atoms with Gasteiger partial charge in [-0.2, -0.15) is 0 Å². The number of aliphatic hydroxyl groups is 1. The molecule has 0 aromatic rings. The molecule has 1 N–H and O–H groups in total. The van der Waals surface area contributed by atoms with Gasteiger partial charge in [0.25, 0.3) is 0 Å². The van der Waals surface area contributed by atoms with Crippen LogP contribution in [0.25, 0.3) is 0 Å². The zero-order chi connectivity index (χ0) is 10.6. The summed E-state index contributed by atoms with van der Waals surface area (Å²) < 4.78 is 5.08. The number of hydrogen-bond acceptors (Lipinski definition) is 3. The van der Waals surface area contributed by atoms with Crippen LogP contribution in [-0.4, -0.2) is 33.5 Å². The molecule has 3 radical (unpaired) electrons. The lowest BCUT2D eigenvalue weighted by molar-refractivity contribution is -0.156. The zero-order valence-electron chi connectivity index (χ0n) is 8.53. The average Bonchev–Trinajstić information content (AvgIpc) is 2.10. The van der Waals surface area contributed by atoms with Crippen LogP contribution >= 0.6 is 0 Å². The van der Waals surface area contributed by atoms with Gasteiger partial charge in [0.05, 0.1) is 6.10 Å². The fourth-order valence-electron chi connectivity index (χ4n) is 2.00. The average molecular weight is 213 g/mol. The second-order valence-electron chi connectivity index (χ2n) is 3.93. The molecule has 0 aromatic carbocycles. The van der Waals surface area contributed by atoms with Gasteiger partial charge in [-0.05, 0) is 25.2 Å². The molecule has 79 valence electrons. The van der Waals surface area contributed by atoms with Gasteiger partial charge in [-0.3, -0.25) is 4.79 Å². The van der Waals surface area contributed by atoms with Crippen molar-refractivity contribution in [2.45, 2.75) is 50.9 Å². The molecular weight excluding hydrogens is 196 g/mol. The summed E-state index contributed by atoms with van der Waals surface area (Å²) in [6.45, 7) is 1.39. The Bertz CT molecular complexity index is 196. The molecule has 1 aliphatic rings. The maximum absolute atomic E-state index is 10.8. The fraction of sp³-hybridized carbons (Fsp3) is 0.900. The van der Waals surface area contributed by atoms with Gasteiger partial charge in [-0.1, -0.05) is 12.5 Å². The van der Waals surface area contributed by atoms with Crippen molar-refractivity contribution in [1.82, 2.24) is 0 Å². The molecule has 0 aromatic heterocycles. The lowest BCUT2D eigenvalue weighted by atomic mass is 9.84. The molecule has 0 amide bonds. The van der Waals surface area contributed by atoms with Gasteiger partial charge >= 0.3 is 5.97 Å². The fourth-order valence-corrected chi connectivity index (χ4v) is 2.41. The summed E-state index contributed by atoms with van der Waals surface area (Å²) in [7, 11) is 3.45. The summed E-state index contributed by atoms with van der Waals surface area (Å²) >= 11 is 0. The molecule has 1 rings (SSSR count). The van der Waals surface area contributed by atoms with Crippen molar-refractivity contribution in [3.63, 3.8) is 0 Å². The van der Waals surface area contributed by atoms with Gasteiger partial charge in [-0.25, -0.2) is 0 Å². The van der Waals surface area contributed by atoms with E-state index in [2.05, 4.69) is 10.2 Å². The molecule has 0 bridgehead atoms. The van der Waals surface area contributed by atoms with Gasteiger partial charge in [0, 0.05) is 17.2 Å². The van der Waals surface area contributed by atoms with E-state index in [-0.39, 0.29) is 12.1 Å². The van der Waals surface area contributed by atoms with Crippen LogP contribution in [0.3, 0.4) is 0 Å². The highest BCUT2D eigenvalue weighted by molar-refractivity contribution is 6.08. The molecule has 1 saturated carbocycles. The van der Waals surface area contributed by atoms with Crippen LogP contribution in [0, 0.1) is 5.92 Å². The number of hydrogen-bond donors (Lipinski definition) is 1. The Morgan fingerprint density at radius 2 is 2.29 bits per heavy atom. The van der Waals surface area contributed by atoms with Crippen molar-refractivity contribution in [3.8, 4) is 0 Å². The molecule has 3 atom stereocenters. The van der Waals surface area contributed by atoms with Crippen LogP contribution in [0.1, 0.15) is 32.6 Å². The van der Waals surface area contributed by atoms with Gasteiger partial charge in [0.2, 0.25) is 0 Å². The highest BCUT2D eigenvalue weighted by atomic mass is 28.1. The van der Waals surface area contributed by atoms with Gasteiger partial charge < -0.3 is 9.84 Å². The van der Waals surface area contributed by atoms with Crippen LogP contribution in [-0.2, 0) is 9.53 Å².